The molecule has 3 atom stereocenters. The highest BCUT2D eigenvalue weighted by Crippen LogP contribution is 2.58. The average Bonchev–Trinajstić information content (AvgIpc) is 3.66. The topological polar surface area (TPSA) is 109 Å². The number of rotatable bonds is 7. The summed E-state index contributed by atoms with van der Waals surface area (Å²) in [6.07, 6.45) is -2.21. The number of alkyl halides is 5. The van der Waals surface area contributed by atoms with E-state index in [9.17, 15) is 31.9 Å². The van der Waals surface area contributed by atoms with Crippen molar-refractivity contribution in [2.24, 2.45) is 5.92 Å². The summed E-state index contributed by atoms with van der Waals surface area (Å²) < 4.78 is 102. The van der Waals surface area contributed by atoms with Gasteiger partial charge in [-0.25, -0.2) is 18.7 Å². The molecule has 0 fully saturated rings. The molecule has 0 radical (unpaired) electrons. The maximum absolute atomic E-state index is 15.4. The van der Waals surface area contributed by atoms with Crippen molar-refractivity contribution in [1.29, 1.82) is 0 Å². The first kappa shape index (κ1) is 33.8. The van der Waals surface area contributed by atoms with E-state index < -0.39 is 76.6 Å². The number of fused-ring (bicyclic) bond motifs is 4. The Morgan fingerprint density at radius 3 is 2.53 bits per heavy atom. The zero-order valence-corrected chi connectivity index (χ0v) is 26.6. The molecule has 2 aliphatic carbocycles. The second kappa shape index (κ2) is 12.0. The molecule has 1 aromatic carbocycles. The predicted molar refractivity (Wildman–Crippen MR) is 169 cm³/mol. The van der Waals surface area contributed by atoms with E-state index in [0.29, 0.717) is 32.9 Å². The number of nitrogens with one attached hydrogen (secondary N) is 2. The van der Waals surface area contributed by atoms with Gasteiger partial charge >= 0.3 is 12.1 Å². The number of nitrogens with zero attached hydrogens (tertiary/aromatic N) is 4. The zero-order valence-electron chi connectivity index (χ0n) is 26.6. The molecule has 8 nitrogen and oxygen atoms in total. The summed E-state index contributed by atoms with van der Waals surface area (Å²) in [5.74, 6) is 0.207. The van der Waals surface area contributed by atoms with Gasteiger partial charge in [-0.2, -0.15) is 27.1 Å². The average molecular weight is 707 g/mol. The van der Waals surface area contributed by atoms with E-state index in [-0.39, 0.29) is 23.4 Å². The normalized spacial score (nSPS) is 17.8. The number of aromatic amines is 1. The second-order valence-electron chi connectivity index (χ2n) is 12.8. The van der Waals surface area contributed by atoms with Crippen molar-refractivity contribution in [2.75, 3.05) is 0 Å². The van der Waals surface area contributed by atoms with Gasteiger partial charge in [-0.1, -0.05) is 17.8 Å². The van der Waals surface area contributed by atoms with Gasteiger partial charge in [-0.15, -0.1) is 0 Å². The number of carbonyl (C=O) groups excluding carboxylic acids is 1. The van der Waals surface area contributed by atoms with Gasteiger partial charge in [-0.05, 0) is 68.2 Å². The van der Waals surface area contributed by atoms with Crippen molar-refractivity contribution < 1.29 is 40.6 Å². The summed E-state index contributed by atoms with van der Waals surface area (Å²) in [6.45, 7) is 1.84. The van der Waals surface area contributed by atoms with Crippen LogP contribution in [0.25, 0.3) is 22.2 Å². The van der Waals surface area contributed by atoms with Crippen LogP contribution in [0.15, 0.2) is 54.9 Å². The van der Waals surface area contributed by atoms with Crippen molar-refractivity contribution in [1.82, 2.24) is 30.0 Å². The highest BCUT2D eigenvalue weighted by molar-refractivity contribution is 5.82. The first-order valence-electron chi connectivity index (χ1n) is 15.5. The third-order valence-electron chi connectivity index (χ3n) is 8.46. The van der Waals surface area contributed by atoms with Crippen LogP contribution in [0.1, 0.15) is 59.7 Å². The van der Waals surface area contributed by atoms with Crippen LogP contribution in [0, 0.1) is 41.2 Å². The second-order valence-corrected chi connectivity index (χ2v) is 12.8. The van der Waals surface area contributed by atoms with Crippen LogP contribution < -0.4 is 5.32 Å². The molecule has 3 N–H and O–H groups in total. The quantitative estimate of drug-likeness (QED) is 0.139. The van der Waals surface area contributed by atoms with Crippen molar-refractivity contribution >= 4 is 16.9 Å². The largest absolute Gasteiger partial charge is 0.435 e. The van der Waals surface area contributed by atoms with Gasteiger partial charge in [0.15, 0.2) is 5.69 Å². The van der Waals surface area contributed by atoms with Gasteiger partial charge in [0.25, 0.3) is 0 Å². The number of aliphatic hydroxyl groups is 1. The van der Waals surface area contributed by atoms with Crippen LogP contribution in [0.2, 0.25) is 0 Å². The third-order valence-corrected chi connectivity index (χ3v) is 8.46. The molecule has 4 aromatic heterocycles. The molecular weight excluding hydrogens is 681 g/mol. The van der Waals surface area contributed by atoms with Crippen LogP contribution in [0.5, 0.6) is 0 Å². The molecule has 0 bridgehead atoms. The first-order chi connectivity index (χ1) is 24.0. The molecule has 0 saturated carbocycles. The molecule has 1 amide bonds. The Hall–Kier alpha value is -5.67. The van der Waals surface area contributed by atoms with E-state index >= 15 is 8.78 Å². The van der Waals surface area contributed by atoms with Crippen molar-refractivity contribution in [3.8, 4) is 34.8 Å². The summed E-state index contributed by atoms with van der Waals surface area (Å²) in [7, 11) is 0. The number of carbonyl (C=O) groups is 1. The van der Waals surface area contributed by atoms with E-state index in [1.807, 2.05) is 0 Å². The van der Waals surface area contributed by atoms with Gasteiger partial charge in [0.2, 0.25) is 5.91 Å². The van der Waals surface area contributed by atoms with Crippen LogP contribution in [0.3, 0.4) is 0 Å². The van der Waals surface area contributed by atoms with Crippen molar-refractivity contribution in [3.05, 3.63) is 100 Å². The highest BCUT2D eigenvalue weighted by atomic mass is 19.4. The van der Waals surface area contributed by atoms with E-state index in [0.717, 1.165) is 12.1 Å². The minimum absolute atomic E-state index is 0.0670. The Morgan fingerprint density at radius 2 is 1.86 bits per heavy atom. The van der Waals surface area contributed by atoms with Crippen LogP contribution in [0.4, 0.5) is 30.7 Å². The molecule has 7 rings (SSSR count). The van der Waals surface area contributed by atoms with E-state index in [2.05, 4.69) is 49.0 Å². The summed E-state index contributed by atoms with van der Waals surface area (Å²) in [5.41, 5.74) is -3.02. The van der Waals surface area contributed by atoms with E-state index in [1.165, 1.54) is 20.0 Å². The molecule has 5 aromatic rings. The fourth-order valence-electron chi connectivity index (χ4n) is 6.30. The van der Waals surface area contributed by atoms with E-state index in [1.54, 1.807) is 30.5 Å². The Bertz CT molecular complexity index is 2330. The Morgan fingerprint density at radius 1 is 1.12 bits per heavy atom. The molecule has 260 valence electrons. The summed E-state index contributed by atoms with van der Waals surface area (Å²) >= 11 is 0. The molecule has 0 saturated heterocycles. The number of benzene rings is 1. The standard InChI is InChI=1S/C36H25F7N6O2/c1-34(2,51)9-7-23-3-4-24(20-14-19-8-10-44-33(19)45-16-20)30(46-23)27(13-18-11-21(37)15-22(38)12-18)47-28(50)17-49-32-29(31(48-49)36(41,42)43)25-5-6-26(25)35(32,39)40/h3-4,8,10-12,14-16,25-27,51H,13,17H2,1-2H3,(H,44,45)(H,47,50)/t25-,26+,27-/m0/s1. The number of hydrogen-bond donors (Lipinski definition) is 3. The minimum Gasteiger partial charge on any atom is -0.378 e. The lowest BCUT2D eigenvalue weighted by atomic mass is 9.84. The lowest BCUT2D eigenvalue weighted by molar-refractivity contribution is -0.142. The third kappa shape index (κ3) is 6.41. The fraction of sp³-hybridized carbons (Fsp3) is 0.278. The number of halogens is 7. The van der Waals surface area contributed by atoms with Gasteiger partial charge in [0.05, 0.1) is 17.7 Å². The van der Waals surface area contributed by atoms with Crippen LogP contribution in [-0.2, 0) is 29.9 Å². The Balaban J connectivity index is 1.32. The summed E-state index contributed by atoms with van der Waals surface area (Å²) in [5, 5.41) is 16.9. The fourth-order valence-corrected chi connectivity index (χ4v) is 6.30. The molecule has 0 spiro atoms. The van der Waals surface area contributed by atoms with Gasteiger partial charge < -0.3 is 15.4 Å². The number of hydrogen-bond acceptors (Lipinski definition) is 5. The lowest BCUT2D eigenvalue weighted by Gasteiger charge is -2.24. The summed E-state index contributed by atoms with van der Waals surface area (Å²) in [6, 6.07) is 8.14. The Kier molecular flexibility index (Phi) is 7.95. The van der Waals surface area contributed by atoms with Crippen molar-refractivity contribution in [2.45, 2.75) is 56.5 Å². The molecule has 0 aliphatic heterocycles. The number of aromatic nitrogens is 5. The minimum atomic E-state index is -5.10. The Labute approximate surface area is 285 Å². The van der Waals surface area contributed by atoms with Crippen LogP contribution in [-0.4, -0.2) is 41.3 Å². The van der Waals surface area contributed by atoms with Crippen LogP contribution >= 0.6 is 0 Å². The number of H-pyrrole nitrogens is 1. The lowest BCUT2D eigenvalue weighted by Crippen LogP contribution is -2.36. The highest BCUT2D eigenvalue weighted by Gasteiger charge is 2.62. The molecule has 2 aliphatic rings. The number of pyridine rings is 2. The molecule has 15 heteroatoms. The maximum atomic E-state index is 15.4. The van der Waals surface area contributed by atoms with Gasteiger partial charge in [-0.3, -0.25) is 9.48 Å². The molecule has 4 heterocycles. The SMILES string of the molecule is CC(C)(O)C#Cc1ccc(-c2cnc3[nH]ccc3c2)c([C@H](Cc2cc(F)cc(F)c2)NC(=O)Cn2nc(C(F)(F)F)c3c2C(F)(F)[C@@H]2C#C[C@H]32)n1. The maximum Gasteiger partial charge on any atom is 0.435 e. The monoisotopic (exact) mass is 706 g/mol. The molecule has 0 unspecified atom stereocenters. The molecule has 51 heavy (non-hydrogen) atoms. The smallest absolute Gasteiger partial charge is 0.378 e. The zero-order chi connectivity index (χ0) is 36.5. The first-order valence-corrected chi connectivity index (χ1v) is 15.5. The molecular formula is C36H25F7N6O2. The van der Waals surface area contributed by atoms with Crippen molar-refractivity contribution in [3.63, 3.8) is 0 Å². The predicted octanol–water partition coefficient (Wildman–Crippen LogP) is 6.16. The van der Waals surface area contributed by atoms with Gasteiger partial charge in [0, 0.05) is 40.5 Å². The number of amides is 1. The summed E-state index contributed by atoms with van der Waals surface area (Å²) in [4.78, 5) is 25.7. The van der Waals surface area contributed by atoms with E-state index in [4.69, 9.17) is 0 Å². The van der Waals surface area contributed by atoms with Gasteiger partial charge in [0.1, 0.15) is 46.7 Å².